The number of phenols is 1. The van der Waals surface area contributed by atoms with Crippen molar-refractivity contribution in [3.63, 3.8) is 0 Å². The number of ether oxygens (including phenoxy) is 1. The van der Waals surface area contributed by atoms with Crippen molar-refractivity contribution in [3.05, 3.63) is 29.3 Å². The van der Waals surface area contributed by atoms with Crippen molar-refractivity contribution in [2.24, 2.45) is 0 Å². The topological polar surface area (TPSA) is 111 Å². The summed E-state index contributed by atoms with van der Waals surface area (Å²) in [6.45, 7) is 0. The lowest BCUT2D eigenvalue weighted by atomic mass is 9.99. The number of nitrogens with zero attached hydrogens (tertiary/aromatic N) is 1. The van der Waals surface area contributed by atoms with Crippen LogP contribution in [0.15, 0.2) is 18.2 Å². The average Bonchev–Trinajstić information content (AvgIpc) is 2.37. The molecule has 0 heterocycles. The molecule has 1 rings (SSSR count). The second kappa shape index (κ2) is 6.00. The molecule has 0 fully saturated rings. The summed E-state index contributed by atoms with van der Waals surface area (Å²) in [4.78, 5) is 11.3. The smallest absolute Gasteiger partial charge is 0.337 e. The van der Waals surface area contributed by atoms with E-state index in [1.54, 1.807) is 6.07 Å². The van der Waals surface area contributed by atoms with E-state index in [1.165, 1.54) is 25.3 Å². The van der Waals surface area contributed by atoms with Gasteiger partial charge in [-0.3, -0.25) is 0 Å². The Morgan fingerprint density at radius 1 is 1.50 bits per heavy atom. The number of carbonyl (C=O) groups is 1. The maximum atomic E-state index is 11.3. The van der Waals surface area contributed by atoms with Crippen molar-refractivity contribution < 1.29 is 24.9 Å². The third-order valence-electron chi connectivity index (χ3n) is 2.43. The molecule has 0 radical (unpaired) electrons. The molecule has 0 spiro atoms. The van der Waals surface area contributed by atoms with E-state index in [-0.39, 0.29) is 23.3 Å². The van der Waals surface area contributed by atoms with E-state index in [0.29, 0.717) is 0 Å². The van der Waals surface area contributed by atoms with E-state index < -0.39 is 18.2 Å². The van der Waals surface area contributed by atoms with E-state index in [4.69, 9.17) is 5.26 Å². The Bertz CT molecular complexity index is 480. The first-order valence-electron chi connectivity index (χ1n) is 5.15. The van der Waals surface area contributed by atoms with Gasteiger partial charge >= 0.3 is 5.97 Å². The van der Waals surface area contributed by atoms with Gasteiger partial charge in [0.25, 0.3) is 0 Å². The standard InChI is InChI=1S/C12H13NO5/c1-18-12(17)7-2-3-9(14)8(6-7)11(16)10(15)4-5-13/h2-3,6,10-11,14-16H,4H2,1H3. The van der Waals surface area contributed by atoms with Crippen molar-refractivity contribution in [2.45, 2.75) is 18.6 Å². The van der Waals surface area contributed by atoms with Crippen molar-refractivity contribution in [3.8, 4) is 11.8 Å². The van der Waals surface area contributed by atoms with Crippen molar-refractivity contribution in [1.82, 2.24) is 0 Å². The molecule has 0 aliphatic heterocycles. The minimum atomic E-state index is -1.45. The summed E-state index contributed by atoms with van der Waals surface area (Å²) in [5.74, 6) is -0.898. The number of nitriles is 1. The lowest BCUT2D eigenvalue weighted by molar-refractivity contribution is 0.0201. The van der Waals surface area contributed by atoms with Gasteiger partial charge in [-0.15, -0.1) is 0 Å². The molecule has 2 atom stereocenters. The number of methoxy groups -OCH3 is 1. The van der Waals surface area contributed by atoms with Crippen LogP contribution >= 0.6 is 0 Å². The molecule has 96 valence electrons. The van der Waals surface area contributed by atoms with E-state index in [9.17, 15) is 20.1 Å². The van der Waals surface area contributed by atoms with Crippen LogP contribution < -0.4 is 0 Å². The van der Waals surface area contributed by atoms with Crippen LogP contribution in [-0.4, -0.2) is 34.5 Å². The molecule has 0 aliphatic rings. The van der Waals surface area contributed by atoms with E-state index in [2.05, 4.69) is 4.74 Å². The molecule has 6 nitrogen and oxygen atoms in total. The van der Waals surface area contributed by atoms with Crippen LogP contribution in [-0.2, 0) is 4.74 Å². The Labute approximate surface area is 104 Å². The zero-order valence-electron chi connectivity index (χ0n) is 9.70. The van der Waals surface area contributed by atoms with Gasteiger partial charge in [-0.2, -0.15) is 5.26 Å². The molecule has 0 amide bonds. The van der Waals surface area contributed by atoms with Crippen LogP contribution in [0.2, 0.25) is 0 Å². The fourth-order valence-corrected chi connectivity index (χ4v) is 1.45. The first-order chi connectivity index (χ1) is 8.51. The van der Waals surface area contributed by atoms with Crippen LogP contribution in [0.4, 0.5) is 0 Å². The van der Waals surface area contributed by atoms with E-state index >= 15 is 0 Å². The fourth-order valence-electron chi connectivity index (χ4n) is 1.45. The van der Waals surface area contributed by atoms with Crippen LogP contribution in [0.3, 0.4) is 0 Å². The van der Waals surface area contributed by atoms with Crippen molar-refractivity contribution in [2.75, 3.05) is 7.11 Å². The van der Waals surface area contributed by atoms with E-state index in [1.807, 2.05) is 0 Å². The number of hydrogen-bond acceptors (Lipinski definition) is 6. The fraction of sp³-hybridized carbons (Fsp3) is 0.333. The number of aliphatic hydroxyl groups is 2. The van der Waals surface area contributed by atoms with Gasteiger partial charge in [0.15, 0.2) is 0 Å². The van der Waals surface area contributed by atoms with Gasteiger partial charge in [0.2, 0.25) is 0 Å². The SMILES string of the molecule is COC(=O)c1ccc(O)c(C(O)C(O)CC#N)c1. The molecule has 2 unspecified atom stereocenters. The van der Waals surface area contributed by atoms with Crippen LogP contribution in [0.5, 0.6) is 5.75 Å². The molecule has 0 saturated heterocycles. The number of carbonyl (C=O) groups excluding carboxylic acids is 1. The average molecular weight is 251 g/mol. The molecule has 0 saturated carbocycles. The molecule has 18 heavy (non-hydrogen) atoms. The predicted molar refractivity (Wildman–Crippen MR) is 60.6 cm³/mol. The summed E-state index contributed by atoms with van der Waals surface area (Å²) in [6.07, 6.45) is -3.08. The molecular weight excluding hydrogens is 238 g/mol. The Hall–Kier alpha value is -2.10. The second-order valence-corrected chi connectivity index (χ2v) is 3.64. The Morgan fingerprint density at radius 2 is 2.17 bits per heavy atom. The lowest BCUT2D eigenvalue weighted by Gasteiger charge is -2.17. The van der Waals surface area contributed by atoms with Crippen LogP contribution in [0, 0.1) is 11.3 Å². The van der Waals surface area contributed by atoms with Gasteiger partial charge in [-0.25, -0.2) is 4.79 Å². The predicted octanol–water partition coefficient (Wildman–Crippen LogP) is 0.487. The Balaban J connectivity index is 3.08. The first kappa shape index (κ1) is 14.0. The van der Waals surface area contributed by atoms with Gasteiger partial charge in [0.1, 0.15) is 11.9 Å². The minimum Gasteiger partial charge on any atom is -0.508 e. The highest BCUT2D eigenvalue weighted by atomic mass is 16.5. The van der Waals surface area contributed by atoms with Crippen LogP contribution in [0.25, 0.3) is 0 Å². The van der Waals surface area contributed by atoms with Crippen LogP contribution in [0.1, 0.15) is 28.4 Å². The summed E-state index contributed by atoms with van der Waals surface area (Å²) in [7, 11) is 1.20. The van der Waals surface area contributed by atoms with Gasteiger partial charge < -0.3 is 20.1 Å². The van der Waals surface area contributed by atoms with Gasteiger partial charge in [0.05, 0.1) is 31.3 Å². The molecule has 0 aromatic heterocycles. The number of aliphatic hydroxyl groups excluding tert-OH is 2. The van der Waals surface area contributed by atoms with Gasteiger partial charge in [-0.1, -0.05) is 0 Å². The number of benzene rings is 1. The van der Waals surface area contributed by atoms with Gasteiger partial charge in [-0.05, 0) is 18.2 Å². The number of phenolic OH excluding ortho intramolecular Hbond substituents is 1. The summed E-state index contributed by atoms with van der Waals surface area (Å²) < 4.78 is 4.50. The highest BCUT2D eigenvalue weighted by Gasteiger charge is 2.22. The number of hydrogen-bond donors (Lipinski definition) is 3. The first-order valence-corrected chi connectivity index (χ1v) is 5.15. The largest absolute Gasteiger partial charge is 0.508 e. The minimum absolute atomic E-state index is 0.0272. The molecule has 0 aliphatic carbocycles. The summed E-state index contributed by atoms with van der Waals surface area (Å²) in [6, 6.07) is 5.46. The third kappa shape index (κ3) is 2.97. The summed E-state index contributed by atoms with van der Waals surface area (Å²) >= 11 is 0. The van der Waals surface area contributed by atoms with E-state index in [0.717, 1.165) is 0 Å². The zero-order chi connectivity index (χ0) is 13.7. The maximum Gasteiger partial charge on any atom is 0.337 e. The Morgan fingerprint density at radius 3 is 2.72 bits per heavy atom. The highest BCUT2D eigenvalue weighted by molar-refractivity contribution is 5.89. The number of rotatable bonds is 4. The molecule has 1 aromatic rings. The monoisotopic (exact) mass is 251 g/mol. The lowest BCUT2D eigenvalue weighted by Crippen LogP contribution is -2.18. The number of aromatic hydroxyl groups is 1. The molecule has 0 bridgehead atoms. The zero-order valence-corrected chi connectivity index (χ0v) is 9.70. The highest BCUT2D eigenvalue weighted by Crippen LogP contribution is 2.28. The maximum absolute atomic E-state index is 11.3. The Kier molecular flexibility index (Phi) is 4.66. The summed E-state index contributed by atoms with van der Waals surface area (Å²) in [5.41, 5.74) is 0.106. The molecular formula is C12H13NO5. The number of esters is 1. The summed E-state index contributed by atoms with van der Waals surface area (Å²) in [5, 5.41) is 37.2. The molecule has 6 heteroatoms. The third-order valence-corrected chi connectivity index (χ3v) is 2.43. The van der Waals surface area contributed by atoms with Crippen molar-refractivity contribution >= 4 is 5.97 Å². The quantitative estimate of drug-likeness (QED) is 0.671. The van der Waals surface area contributed by atoms with Gasteiger partial charge in [0, 0.05) is 5.56 Å². The molecule has 3 N–H and O–H groups in total. The molecule has 1 aromatic carbocycles. The second-order valence-electron chi connectivity index (χ2n) is 3.64. The normalized spacial score (nSPS) is 13.4. The van der Waals surface area contributed by atoms with Crippen molar-refractivity contribution in [1.29, 1.82) is 5.26 Å².